The molecule has 3 rings (SSSR count). The number of carboxylic acids is 1. The van der Waals surface area contributed by atoms with Gasteiger partial charge in [-0.05, 0) is 65.7 Å². The summed E-state index contributed by atoms with van der Waals surface area (Å²) in [5.74, 6) is 0.832. The third-order valence-electron chi connectivity index (χ3n) is 4.62. The summed E-state index contributed by atoms with van der Waals surface area (Å²) in [5.41, 5.74) is 4.27. The first-order valence-electron chi connectivity index (χ1n) is 10.2. The lowest BCUT2D eigenvalue weighted by molar-refractivity contribution is -0.118. The average molecular weight is 481 g/mol. The summed E-state index contributed by atoms with van der Waals surface area (Å²) in [6.45, 7) is 0.256. The van der Waals surface area contributed by atoms with E-state index in [0.717, 1.165) is 21.8 Å². The van der Waals surface area contributed by atoms with Crippen LogP contribution >= 0.6 is 11.8 Å². The number of methoxy groups -OCH3 is 2. The number of aromatic carboxylic acids is 1. The van der Waals surface area contributed by atoms with Crippen LogP contribution in [-0.2, 0) is 11.4 Å². The minimum atomic E-state index is -0.974. The fourth-order valence-electron chi connectivity index (χ4n) is 2.82. The lowest BCUT2D eigenvalue weighted by Crippen LogP contribution is -2.19. The van der Waals surface area contributed by atoms with Crippen LogP contribution in [0.4, 0.5) is 0 Å². The first kappa shape index (κ1) is 24.7. The Morgan fingerprint density at radius 2 is 1.71 bits per heavy atom. The summed E-state index contributed by atoms with van der Waals surface area (Å²) in [7, 11) is 3.14. The van der Waals surface area contributed by atoms with E-state index in [2.05, 4.69) is 10.5 Å². The monoisotopic (exact) mass is 480 g/mol. The number of amides is 1. The van der Waals surface area contributed by atoms with Gasteiger partial charge in [-0.2, -0.15) is 5.10 Å². The highest BCUT2D eigenvalue weighted by Crippen LogP contribution is 2.28. The van der Waals surface area contributed by atoms with Crippen molar-refractivity contribution in [3.05, 3.63) is 83.4 Å². The molecule has 0 aliphatic rings. The molecule has 0 spiro atoms. The van der Waals surface area contributed by atoms with Gasteiger partial charge in [0.2, 0.25) is 5.91 Å². The van der Waals surface area contributed by atoms with Gasteiger partial charge in [0.15, 0.2) is 11.5 Å². The quantitative estimate of drug-likeness (QED) is 0.240. The van der Waals surface area contributed by atoms with Crippen LogP contribution < -0.4 is 19.6 Å². The lowest BCUT2D eigenvalue weighted by atomic mass is 10.1. The Kier molecular flexibility index (Phi) is 8.93. The fourth-order valence-corrected chi connectivity index (χ4v) is 3.51. The van der Waals surface area contributed by atoms with Gasteiger partial charge in [-0.3, -0.25) is 4.79 Å². The fraction of sp³-hybridized carbons (Fsp3) is 0.160. The van der Waals surface area contributed by atoms with E-state index >= 15 is 0 Å². The van der Waals surface area contributed by atoms with Gasteiger partial charge < -0.3 is 19.3 Å². The molecule has 0 saturated heterocycles. The van der Waals surface area contributed by atoms with Crippen molar-refractivity contribution in [3.63, 3.8) is 0 Å². The number of nitrogens with one attached hydrogen (secondary N) is 1. The van der Waals surface area contributed by atoms with Crippen molar-refractivity contribution in [2.75, 3.05) is 20.0 Å². The van der Waals surface area contributed by atoms with E-state index in [-0.39, 0.29) is 23.8 Å². The lowest BCUT2D eigenvalue weighted by Gasteiger charge is -2.11. The largest absolute Gasteiger partial charge is 0.497 e. The number of carbonyl (C=O) groups is 2. The van der Waals surface area contributed by atoms with E-state index < -0.39 is 5.97 Å². The molecule has 0 heterocycles. The van der Waals surface area contributed by atoms with Crippen molar-refractivity contribution in [2.45, 2.75) is 11.5 Å². The number of hydrazone groups is 1. The molecule has 176 valence electrons. The summed E-state index contributed by atoms with van der Waals surface area (Å²) >= 11 is 1.40. The maximum absolute atomic E-state index is 12.0. The average Bonchev–Trinajstić information content (AvgIpc) is 2.87. The predicted molar refractivity (Wildman–Crippen MR) is 130 cm³/mol. The second-order valence-corrected chi connectivity index (χ2v) is 8.01. The highest BCUT2D eigenvalue weighted by molar-refractivity contribution is 8.00. The number of thioether (sulfide) groups is 1. The van der Waals surface area contributed by atoms with Gasteiger partial charge in [0.25, 0.3) is 0 Å². The summed E-state index contributed by atoms with van der Waals surface area (Å²) in [6, 6.07) is 19.2. The second-order valence-electron chi connectivity index (χ2n) is 6.96. The first-order chi connectivity index (χ1) is 16.5. The number of nitrogens with zero attached hydrogens (tertiary/aromatic N) is 1. The third-order valence-corrected chi connectivity index (χ3v) is 5.63. The topological polar surface area (TPSA) is 106 Å². The van der Waals surface area contributed by atoms with Crippen molar-refractivity contribution in [1.29, 1.82) is 0 Å². The number of benzene rings is 3. The predicted octanol–water partition coefficient (Wildman–Crippen LogP) is 4.22. The summed E-state index contributed by atoms with van der Waals surface area (Å²) < 4.78 is 16.3. The Morgan fingerprint density at radius 1 is 0.971 bits per heavy atom. The van der Waals surface area contributed by atoms with E-state index in [1.165, 1.54) is 37.2 Å². The van der Waals surface area contributed by atoms with Crippen LogP contribution in [0.1, 0.15) is 21.5 Å². The third kappa shape index (κ3) is 7.28. The van der Waals surface area contributed by atoms with Gasteiger partial charge in [-0.25, -0.2) is 10.2 Å². The Bertz CT molecular complexity index is 1150. The van der Waals surface area contributed by atoms with E-state index in [1.54, 1.807) is 37.4 Å². The van der Waals surface area contributed by atoms with Crippen LogP contribution in [0, 0.1) is 0 Å². The molecule has 2 N–H and O–H groups in total. The highest BCUT2D eigenvalue weighted by atomic mass is 32.2. The molecule has 0 fully saturated rings. The van der Waals surface area contributed by atoms with Gasteiger partial charge in [-0.15, -0.1) is 11.8 Å². The molecule has 34 heavy (non-hydrogen) atoms. The van der Waals surface area contributed by atoms with E-state index in [0.29, 0.717) is 11.5 Å². The van der Waals surface area contributed by atoms with Crippen LogP contribution in [0.5, 0.6) is 17.2 Å². The molecule has 0 aliphatic heterocycles. The summed E-state index contributed by atoms with van der Waals surface area (Å²) in [5, 5.41) is 13.0. The molecule has 9 heteroatoms. The number of carbonyl (C=O) groups excluding carboxylic acids is 1. The van der Waals surface area contributed by atoms with E-state index in [9.17, 15) is 9.59 Å². The summed E-state index contributed by atoms with van der Waals surface area (Å²) in [6.07, 6.45) is 1.52. The normalized spacial score (nSPS) is 10.6. The van der Waals surface area contributed by atoms with Gasteiger partial charge in [-0.1, -0.05) is 12.1 Å². The number of hydrogen-bond acceptors (Lipinski definition) is 7. The van der Waals surface area contributed by atoms with Crippen LogP contribution in [0.25, 0.3) is 0 Å². The zero-order chi connectivity index (χ0) is 24.3. The van der Waals surface area contributed by atoms with E-state index in [1.807, 2.05) is 24.3 Å². The minimum absolute atomic E-state index is 0.219. The van der Waals surface area contributed by atoms with Gasteiger partial charge in [0.1, 0.15) is 12.4 Å². The van der Waals surface area contributed by atoms with Crippen LogP contribution in [0.2, 0.25) is 0 Å². The first-order valence-corrected chi connectivity index (χ1v) is 11.2. The zero-order valence-electron chi connectivity index (χ0n) is 18.7. The molecule has 0 aliphatic carbocycles. The maximum atomic E-state index is 12.0. The van der Waals surface area contributed by atoms with Crippen molar-refractivity contribution >= 4 is 29.9 Å². The van der Waals surface area contributed by atoms with Crippen LogP contribution in [0.15, 0.2) is 76.7 Å². The minimum Gasteiger partial charge on any atom is -0.497 e. The maximum Gasteiger partial charge on any atom is 0.335 e. The molecule has 0 bridgehead atoms. The molecule has 1 amide bonds. The zero-order valence-corrected chi connectivity index (χ0v) is 19.5. The van der Waals surface area contributed by atoms with Gasteiger partial charge >= 0.3 is 5.97 Å². The summed E-state index contributed by atoms with van der Waals surface area (Å²) in [4.78, 5) is 23.9. The Hall–Kier alpha value is -3.98. The smallest absolute Gasteiger partial charge is 0.335 e. The molecule has 0 saturated carbocycles. The van der Waals surface area contributed by atoms with Gasteiger partial charge in [0.05, 0.1) is 31.8 Å². The number of ether oxygens (including phenoxy) is 3. The second kappa shape index (κ2) is 12.3. The van der Waals surface area contributed by atoms with Gasteiger partial charge in [0, 0.05) is 4.90 Å². The number of hydrogen-bond donors (Lipinski definition) is 2. The number of carboxylic acid groups (broad SMARTS) is 1. The Morgan fingerprint density at radius 3 is 2.35 bits per heavy atom. The van der Waals surface area contributed by atoms with Crippen molar-refractivity contribution in [1.82, 2.24) is 5.43 Å². The van der Waals surface area contributed by atoms with Crippen molar-refractivity contribution in [3.8, 4) is 17.2 Å². The molecule has 0 unspecified atom stereocenters. The Balaban J connectivity index is 1.50. The molecule has 0 radical (unpaired) electrons. The van der Waals surface area contributed by atoms with E-state index in [4.69, 9.17) is 19.3 Å². The molecule has 3 aromatic carbocycles. The molecule has 0 atom stereocenters. The van der Waals surface area contributed by atoms with Crippen LogP contribution in [-0.4, -0.2) is 43.2 Å². The molecule has 3 aromatic rings. The van der Waals surface area contributed by atoms with Crippen molar-refractivity contribution in [2.24, 2.45) is 5.10 Å². The Labute approximate surface area is 201 Å². The van der Waals surface area contributed by atoms with Crippen LogP contribution in [0.3, 0.4) is 0 Å². The standard InChI is InChI=1S/C25H24N2O6S/c1-31-20-8-10-21(11-9-20)34-16-24(28)27-26-14-18-5-12-22(23(13-18)32-2)33-15-17-3-6-19(7-4-17)25(29)30/h3-14H,15-16H2,1-2H3,(H,27,28)(H,29,30)/b26-14+. The molecular weight excluding hydrogens is 456 g/mol. The molecule has 0 aromatic heterocycles. The number of rotatable bonds is 11. The molecular formula is C25H24N2O6S. The molecule has 8 nitrogen and oxygen atoms in total. The van der Waals surface area contributed by atoms with Crippen molar-refractivity contribution < 1.29 is 28.9 Å². The SMILES string of the molecule is COc1ccc(SCC(=O)N/N=C/c2ccc(OCc3ccc(C(=O)O)cc3)c(OC)c2)cc1. The highest BCUT2D eigenvalue weighted by Gasteiger charge is 2.07.